The Morgan fingerprint density at radius 2 is 1.93 bits per heavy atom. The lowest BCUT2D eigenvalue weighted by Crippen LogP contribution is -2.44. The molecule has 166 valence electrons. The van der Waals surface area contributed by atoms with E-state index in [9.17, 15) is 18.0 Å². The van der Waals surface area contributed by atoms with Crippen molar-refractivity contribution in [1.29, 1.82) is 0 Å². The van der Waals surface area contributed by atoms with Gasteiger partial charge in [0, 0.05) is 24.7 Å². The second-order valence-corrected chi connectivity index (χ2v) is 11.1. The van der Waals surface area contributed by atoms with Crippen molar-refractivity contribution in [1.82, 2.24) is 14.7 Å². The number of carbonyl (C=O) groups is 2. The third-order valence-corrected chi connectivity index (χ3v) is 7.70. The number of hydrogen-bond donors (Lipinski definition) is 0. The van der Waals surface area contributed by atoms with Crippen molar-refractivity contribution in [3.8, 4) is 0 Å². The van der Waals surface area contributed by atoms with E-state index in [2.05, 4.69) is 18.9 Å². The van der Waals surface area contributed by atoms with E-state index in [0.29, 0.717) is 42.6 Å². The van der Waals surface area contributed by atoms with Crippen LogP contribution in [0, 0.1) is 18.8 Å². The van der Waals surface area contributed by atoms with Crippen molar-refractivity contribution in [3.05, 3.63) is 22.5 Å². The summed E-state index contributed by atoms with van der Waals surface area (Å²) in [6.45, 7) is 7.02. The summed E-state index contributed by atoms with van der Waals surface area (Å²) in [5.74, 6) is 0.157. The summed E-state index contributed by atoms with van der Waals surface area (Å²) >= 11 is 6.38. The highest BCUT2D eigenvalue weighted by Crippen LogP contribution is 2.30. The van der Waals surface area contributed by atoms with Crippen LogP contribution >= 0.6 is 11.6 Å². The first kappa shape index (κ1) is 22.8. The topological polar surface area (TPSA) is 98.6 Å². The van der Waals surface area contributed by atoms with Crippen molar-refractivity contribution in [2.24, 2.45) is 11.8 Å². The lowest BCUT2D eigenvalue weighted by Gasteiger charge is -2.34. The highest BCUT2D eigenvalue weighted by Gasteiger charge is 2.32. The standard InChI is InChI=1S/C20H28ClN3O5S/c1-13-8-14(2)10-23(9-13)18(25)11-29-19(26)5-4-17-15(3)22-24(20(17)21)16-6-7-30(27,28)12-16/h4-5,13-14,16H,6-12H2,1-3H3. The van der Waals surface area contributed by atoms with E-state index in [1.165, 1.54) is 16.8 Å². The number of halogens is 1. The molecule has 2 saturated heterocycles. The molecule has 0 N–H and O–H groups in total. The number of aromatic nitrogens is 2. The summed E-state index contributed by atoms with van der Waals surface area (Å²) in [5.41, 5.74) is 1.11. The van der Waals surface area contributed by atoms with Gasteiger partial charge in [-0.1, -0.05) is 25.4 Å². The molecule has 0 radical (unpaired) electrons. The predicted molar refractivity (Wildman–Crippen MR) is 114 cm³/mol. The smallest absolute Gasteiger partial charge is 0.331 e. The van der Waals surface area contributed by atoms with Crippen molar-refractivity contribution in [2.75, 3.05) is 31.2 Å². The Bertz CT molecular complexity index is 946. The summed E-state index contributed by atoms with van der Waals surface area (Å²) in [4.78, 5) is 26.1. The highest BCUT2D eigenvalue weighted by molar-refractivity contribution is 7.91. The zero-order valence-corrected chi connectivity index (χ0v) is 19.1. The number of ether oxygens (including phenoxy) is 1. The molecule has 3 atom stereocenters. The van der Waals surface area contributed by atoms with E-state index in [0.717, 1.165) is 6.42 Å². The minimum Gasteiger partial charge on any atom is -0.452 e. The fourth-order valence-electron chi connectivity index (χ4n) is 4.22. The molecule has 2 aliphatic rings. The van der Waals surface area contributed by atoms with Crippen LogP contribution < -0.4 is 0 Å². The molecule has 3 heterocycles. The molecule has 30 heavy (non-hydrogen) atoms. The van der Waals surface area contributed by atoms with Crippen LogP contribution in [0.5, 0.6) is 0 Å². The molecular weight excluding hydrogens is 430 g/mol. The Morgan fingerprint density at radius 1 is 1.27 bits per heavy atom. The fourth-order valence-corrected chi connectivity index (χ4v) is 6.29. The van der Waals surface area contributed by atoms with E-state index in [1.807, 2.05) is 0 Å². The summed E-state index contributed by atoms with van der Waals surface area (Å²) in [7, 11) is -3.07. The van der Waals surface area contributed by atoms with Gasteiger partial charge in [0.05, 0.1) is 23.2 Å². The molecule has 3 rings (SSSR count). The number of likely N-dealkylation sites (tertiary alicyclic amines) is 1. The van der Waals surface area contributed by atoms with Gasteiger partial charge in [-0.2, -0.15) is 5.10 Å². The molecule has 8 nitrogen and oxygen atoms in total. The fraction of sp³-hybridized carbons (Fsp3) is 0.650. The average molecular weight is 458 g/mol. The van der Waals surface area contributed by atoms with Crippen LogP contribution in [0.15, 0.2) is 6.08 Å². The van der Waals surface area contributed by atoms with Gasteiger partial charge in [-0.05, 0) is 37.7 Å². The minimum atomic E-state index is -3.07. The second-order valence-electron chi connectivity index (χ2n) is 8.48. The maximum Gasteiger partial charge on any atom is 0.331 e. The van der Waals surface area contributed by atoms with Gasteiger partial charge < -0.3 is 9.64 Å². The molecule has 3 unspecified atom stereocenters. The van der Waals surface area contributed by atoms with Gasteiger partial charge in [-0.25, -0.2) is 17.9 Å². The van der Waals surface area contributed by atoms with Gasteiger partial charge >= 0.3 is 5.97 Å². The van der Waals surface area contributed by atoms with Crippen molar-refractivity contribution >= 4 is 39.4 Å². The first-order chi connectivity index (χ1) is 14.1. The minimum absolute atomic E-state index is 0.00881. The SMILES string of the molecule is Cc1nn(C2CCS(=O)(=O)C2)c(Cl)c1C=CC(=O)OCC(=O)N1CC(C)CC(C)C1. The maximum absolute atomic E-state index is 12.3. The van der Waals surface area contributed by atoms with Crippen molar-refractivity contribution < 1.29 is 22.7 Å². The van der Waals surface area contributed by atoms with Gasteiger partial charge in [0.25, 0.3) is 5.91 Å². The normalized spacial score (nSPS) is 26.3. The third kappa shape index (κ3) is 5.43. The molecule has 0 bridgehead atoms. The average Bonchev–Trinajstić information content (AvgIpc) is 3.15. The number of nitrogens with zero attached hydrogens (tertiary/aromatic N) is 3. The van der Waals surface area contributed by atoms with E-state index >= 15 is 0 Å². The number of esters is 1. The molecule has 0 spiro atoms. The zero-order chi connectivity index (χ0) is 22.1. The first-order valence-corrected chi connectivity index (χ1v) is 12.3. The van der Waals surface area contributed by atoms with Crippen LogP contribution in [-0.2, 0) is 24.2 Å². The molecule has 1 amide bonds. The quantitative estimate of drug-likeness (QED) is 0.496. The van der Waals surface area contributed by atoms with Crippen molar-refractivity contribution in [2.45, 2.75) is 39.7 Å². The summed E-state index contributed by atoms with van der Waals surface area (Å²) in [5, 5.41) is 4.62. The Balaban J connectivity index is 1.58. The highest BCUT2D eigenvalue weighted by atomic mass is 35.5. The van der Waals surface area contributed by atoms with Crippen LogP contribution in [0.4, 0.5) is 0 Å². The van der Waals surface area contributed by atoms with Crippen LogP contribution in [0.1, 0.15) is 44.0 Å². The Morgan fingerprint density at radius 3 is 2.53 bits per heavy atom. The van der Waals surface area contributed by atoms with E-state index < -0.39 is 15.8 Å². The van der Waals surface area contributed by atoms with E-state index in [-0.39, 0.29) is 35.2 Å². The predicted octanol–water partition coefficient (Wildman–Crippen LogP) is 2.27. The second kappa shape index (κ2) is 9.09. The zero-order valence-electron chi connectivity index (χ0n) is 17.5. The lowest BCUT2D eigenvalue weighted by atomic mass is 9.92. The first-order valence-electron chi connectivity index (χ1n) is 10.1. The summed E-state index contributed by atoms with van der Waals surface area (Å²) < 4.78 is 30.0. The van der Waals surface area contributed by atoms with Crippen LogP contribution in [0.2, 0.25) is 5.15 Å². The number of amides is 1. The molecule has 0 saturated carbocycles. The summed E-state index contributed by atoms with van der Waals surface area (Å²) in [6, 6.07) is -0.303. The monoisotopic (exact) mass is 457 g/mol. The summed E-state index contributed by atoms with van der Waals surface area (Å²) in [6.07, 6.45) is 4.25. The number of hydrogen-bond acceptors (Lipinski definition) is 6. The lowest BCUT2D eigenvalue weighted by molar-refractivity contribution is -0.149. The van der Waals surface area contributed by atoms with Crippen LogP contribution in [0.25, 0.3) is 6.08 Å². The van der Waals surface area contributed by atoms with Gasteiger partial charge in [0.1, 0.15) is 5.15 Å². The number of sulfone groups is 1. The van der Waals surface area contributed by atoms with Crippen molar-refractivity contribution in [3.63, 3.8) is 0 Å². The largest absolute Gasteiger partial charge is 0.452 e. The van der Waals surface area contributed by atoms with Gasteiger partial charge in [0.2, 0.25) is 0 Å². The van der Waals surface area contributed by atoms with E-state index in [4.69, 9.17) is 16.3 Å². The number of rotatable bonds is 5. The van der Waals surface area contributed by atoms with Crippen LogP contribution in [-0.4, -0.2) is 66.2 Å². The number of piperidine rings is 1. The molecule has 1 aromatic heterocycles. The van der Waals surface area contributed by atoms with Crippen LogP contribution in [0.3, 0.4) is 0 Å². The molecule has 1 aromatic rings. The van der Waals surface area contributed by atoms with Gasteiger partial charge in [0.15, 0.2) is 16.4 Å². The Kier molecular flexibility index (Phi) is 6.91. The molecular formula is C20H28ClN3O5S. The van der Waals surface area contributed by atoms with Gasteiger partial charge in [-0.3, -0.25) is 4.79 Å². The number of carbonyl (C=O) groups excluding carboxylic acids is 2. The molecule has 10 heteroatoms. The van der Waals surface area contributed by atoms with E-state index in [1.54, 1.807) is 11.8 Å². The third-order valence-electron chi connectivity index (χ3n) is 5.57. The van der Waals surface area contributed by atoms with Gasteiger partial charge in [-0.15, -0.1) is 0 Å². The molecule has 2 fully saturated rings. The number of aryl methyl sites for hydroxylation is 1. The molecule has 0 aromatic carbocycles. The Hall–Kier alpha value is -1.87. The maximum atomic E-state index is 12.3. The molecule has 2 aliphatic heterocycles. The molecule has 0 aliphatic carbocycles. The Labute approximate surface area is 182 Å².